The first-order valence-electron chi connectivity index (χ1n) is 3.58. The molecule has 0 saturated carbocycles. The van der Waals surface area contributed by atoms with E-state index in [9.17, 15) is 4.39 Å². The topological polar surface area (TPSA) is 26.5 Å². The highest BCUT2D eigenvalue weighted by Crippen LogP contribution is 2.21. The average Bonchev–Trinajstić information content (AvgIpc) is 2.47. The van der Waals surface area contributed by atoms with E-state index in [1.165, 1.54) is 13.3 Å². The molecule has 2 aromatic heterocycles. The molecule has 13 heavy (non-hydrogen) atoms. The molecular weight excluding hydrogens is 239 g/mol. The van der Waals surface area contributed by atoms with Crippen molar-refractivity contribution in [3.05, 3.63) is 28.9 Å². The van der Waals surface area contributed by atoms with Crippen LogP contribution in [0.1, 0.15) is 0 Å². The normalized spacial score (nSPS) is 10.7. The van der Waals surface area contributed by atoms with Gasteiger partial charge in [0.15, 0.2) is 11.6 Å². The van der Waals surface area contributed by atoms with E-state index < -0.39 is 5.82 Å². The molecule has 0 spiro atoms. The third kappa shape index (κ3) is 1.29. The van der Waals surface area contributed by atoms with Gasteiger partial charge in [-0.2, -0.15) is 0 Å². The van der Waals surface area contributed by atoms with Crippen molar-refractivity contribution < 1.29 is 9.13 Å². The minimum atomic E-state index is -0.409. The molecule has 2 rings (SSSR count). The molecule has 5 heteroatoms. The predicted octanol–water partition coefficient (Wildman–Crippen LogP) is 2.24. The monoisotopic (exact) mass is 244 g/mol. The van der Waals surface area contributed by atoms with Crippen molar-refractivity contribution in [2.24, 2.45) is 0 Å². The smallest absolute Gasteiger partial charge is 0.181 e. The molecular formula is C8H6BrFN2O. The summed E-state index contributed by atoms with van der Waals surface area (Å²) in [5.41, 5.74) is 0.644. The number of hydrogen-bond donors (Lipinski definition) is 0. The summed E-state index contributed by atoms with van der Waals surface area (Å²) in [5.74, 6) is -0.209. The van der Waals surface area contributed by atoms with Gasteiger partial charge in [0.25, 0.3) is 0 Å². The Hall–Kier alpha value is -1.10. The lowest BCUT2D eigenvalue weighted by Gasteiger charge is -2.02. The first-order valence-corrected chi connectivity index (χ1v) is 4.38. The SMILES string of the molecule is COc1cc2ncc(Br)n2cc1F. The number of methoxy groups -OCH3 is 1. The lowest BCUT2D eigenvalue weighted by Crippen LogP contribution is -1.92. The fourth-order valence-electron chi connectivity index (χ4n) is 1.11. The molecule has 0 radical (unpaired) electrons. The molecule has 0 aliphatic carbocycles. The van der Waals surface area contributed by atoms with Crippen LogP contribution in [-0.2, 0) is 0 Å². The Labute approximate surface area is 82.3 Å². The van der Waals surface area contributed by atoms with Gasteiger partial charge in [-0.3, -0.25) is 4.40 Å². The zero-order valence-electron chi connectivity index (χ0n) is 6.79. The zero-order valence-corrected chi connectivity index (χ0v) is 8.38. The molecule has 2 heterocycles. The van der Waals surface area contributed by atoms with E-state index in [0.717, 1.165) is 0 Å². The Bertz CT molecular complexity index is 455. The van der Waals surface area contributed by atoms with E-state index >= 15 is 0 Å². The number of fused-ring (bicyclic) bond motifs is 1. The van der Waals surface area contributed by atoms with Gasteiger partial charge >= 0.3 is 0 Å². The van der Waals surface area contributed by atoms with E-state index in [1.54, 1.807) is 16.7 Å². The van der Waals surface area contributed by atoms with Crippen molar-refractivity contribution in [3.63, 3.8) is 0 Å². The standard InChI is InChI=1S/C8H6BrFN2O/c1-13-6-2-8-11-3-7(9)12(8)4-5(6)10/h2-4H,1H3. The molecule has 0 bridgehead atoms. The number of nitrogens with zero attached hydrogens (tertiary/aromatic N) is 2. The maximum atomic E-state index is 13.2. The van der Waals surface area contributed by atoms with Crippen LogP contribution >= 0.6 is 15.9 Å². The summed E-state index contributed by atoms with van der Waals surface area (Å²) in [6.07, 6.45) is 2.93. The van der Waals surface area contributed by atoms with Crippen molar-refractivity contribution in [1.29, 1.82) is 0 Å². The summed E-state index contributed by atoms with van der Waals surface area (Å²) in [5, 5.41) is 0. The van der Waals surface area contributed by atoms with Gasteiger partial charge < -0.3 is 4.74 Å². The first kappa shape index (κ1) is 8.50. The minimum absolute atomic E-state index is 0.200. The highest BCUT2D eigenvalue weighted by atomic mass is 79.9. The zero-order chi connectivity index (χ0) is 9.42. The third-order valence-electron chi connectivity index (χ3n) is 1.74. The number of pyridine rings is 1. The number of hydrogen-bond acceptors (Lipinski definition) is 2. The van der Waals surface area contributed by atoms with Gasteiger partial charge in [0, 0.05) is 6.07 Å². The summed E-state index contributed by atoms with van der Waals surface area (Å²) in [7, 11) is 1.42. The Morgan fingerprint density at radius 1 is 1.62 bits per heavy atom. The number of ether oxygens (including phenoxy) is 1. The van der Waals surface area contributed by atoms with Crippen LogP contribution in [0, 0.1) is 5.82 Å². The van der Waals surface area contributed by atoms with Gasteiger partial charge in [-0.05, 0) is 15.9 Å². The summed E-state index contributed by atoms with van der Waals surface area (Å²) >= 11 is 3.24. The molecule has 0 atom stereocenters. The van der Waals surface area contributed by atoms with Crippen LogP contribution in [-0.4, -0.2) is 16.5 Å². The van der Waals surface area contributed by atoms with Crippen molar-refractivity contribution in [2.45, 2.75) is 0 Å². The van der Waals surface area contributed by atoms with Gasteiger partial charge in [-0.1, -0.05) is 0 Å². The molecule has 0 saturated heterocycles. The summed E-state index contributed by atoms with van der Waals surface area (Å²) < 4.78 is 20.3. The summed E-state index contributed by atoms with van der Waals surface area (Å²) in [6, 6.07) is 1.54. The number of aromatic nitrogens is 2. The maximum Gasteiger partial charge on any atom is 0.181 e. The van der Waals surface area contributed by atoms with Crippen LogP contribution in [0.25, 0.3) is 5.65 Å². The fraction of sp³-hybridized carbons (Fsp3) is 0.125. The molecule has 0 unspecified atom stereocenters. The average molecular weight is 245 g/mol. The predicted molar refractivity (Wildman–Crippen MR) is 49.4 cm³/mol. The van der Waals surface area contributed by atoms with E-state index in [-0.39, 0.29) is 5.75 Å². The molecule has 68 valence electrons. The van der Waals surface area contributed by atoms with Gasteiger partial charge in [0.2, 0.25) is 0 Å². The Balaban J connectivity index is 2.76. The van der Waals surface area contributed by atoms with Crippen LogP contribution in [0.2, 0.25) is 0 Å². The van der Waals surface area contributed by atoms with Gasteiger partial charge in [0.1, 0.15) is 10.3 Å². The van der Waals surface area contributed by atoms with E-state index in [1.807, 2.05) is 0 Å². The molecule has 0 fully saturated rings. The Kier molecular flexibility index (Phi) is 1.95. The Morgan fingerprint density at radius 3 is 3.08 bits per heavy atom. The van der Waals surface area contributed by atoms with Gasteiger partial charge in [-0.25, -0.2) is 9.37 Å². The minimum Gasteiger partial charge on any atom is -0.493 e. The second kappa shape index (κ2) is 2.99. The number of halogens is 2. The largest absolute Gasteiger partial charge is 0.493 e. The highest BCUT2D eigenvalue weighted by Gasteiger charge is 2.07. The fourth-order valence-corrected chi connectivity index (χ4v) is 1.49. The molecule has 3 nitrogen and oxygen atoms in total. The van der Waals surface area contributed by atoms with Crippen molar-refractivity contribution in [1.82, 2.24) is 9.38 Å². The van der Waals surface area contributed by atoms with Crippen molar-refractivity contribution >= 4 is 21.6 Å². The van der Waals surface area contributed by atoms with E-state index in [4.69, 9.17) is 4.74 Å². The molecule has 0 amide bonds. The lowest BCUT2D eigenvalue weighted by atomic mass is 10.4. The lowest BCUT2D eigenvalue weighted by molar-refractivity contribution is 0.385. The summed E-state index contributed by atoms with van der Waals surface area (Å²) in [4.78, 5) is 4.04. The van der Waals surface area contributed by atoms with Crippen LogP contribution < -0.4 is 4.74 Å². The quantitative estimate of drug-likeness (QED) is 0.770. The van der Waals surface area contributed by atoms with Crippen molar-refractivity contribution in [3.8, 4) is 5.75 Å². The third-order valence-corrected chi connectivity index (χ3v) is 2.33. The second-order valence-electron chi connectivity index (χ2n) is 2.50. The maximum absolute atomic E-state index is 13.2. The molecule has 0 N–H and O–H groups in total. The highest BCUT2D eigenvalue weighted by molar-refractivity contribution is 9.10. The number of imidazole rings is 1. The summed E-state index contributed by atoms with van der Waals surface area (Å²) in [6.45, 7) is 0. The van der Waals surface area contributed by atoms with Gasteiger partial charge in [-0.15, -0.1) is 0 Å². The van der Waals surface area contributed by atoms with Gasteiger partial charge in [0.05, 0.1) is 19.5 Å². The molecule has 0 aliphatic rings. The second-order valence-corrected chi connectivity index (χ2v) is 3.31. The van der Waals surface area contributed by atoms with Crippen LogP contribution in [0.3, 0.4) is 0 Å². The van der Waals surface area contributed by atoms with Crippen molar-refractivity contribution in [2.75, 3.05) is 7.11 Å². The first-order chi connectivity index (χ1) is 6.22. The Morgan fingerprint density at radius 2 is 2.38 bits per heavy atom. The van der Waals surface area contributed by atoms with Crippen LogP contribution in [0.15, 0.2) is 23.1 Å². The molecule has 0 aromatic carbocycles. The molecule has 2 aromatic rings. The van der Waals surface area contributed by atoms with Crippen LogP contribution in [0.5, 0.6) is 5.75 Å². The van der Waals surface area contributed by atoms with E-state index in [2.05, 4.69) is 20.9 Å². The number of rotatable bonds is 1. The van der Waals surface area contributed by atoms with Crippen LogP contribution in [0.4, 0.5) is 4.39 Å². The molecule has 0 aliphatic heterocycles. The van der Waals surface area contributed by atoms with E-state index in [0.29, 0.717) is 10.3 Å².